The number of methoxy groups -OCH3 is 2. The number of alkyl halides is 3. The topological polar surface area (TPSA) is 135 Å². The van der Waals surface area contributed by atoms with Gasteiger partial charge in [-0.25, -0.2) is 17.7 Å². The van der Waals surface area contributed by atoms with Crippen molar-refractivity contribution in [2.75, 3.05) is 51.3 Å². The molecular formula is C25H35F3N6O5S. The normalized spacial score (nSPS) is 17.9. The lowest BCUT2D eigenvalue weighted by molar-refractivity contribution is -0.137. The fourth-order valence-electron chi connectivity index (χ4n) is 4.58. The van der Waals surface area contributed by atoms with Crippen LogP contribution < -0.4 is 20.7 Å². The summed E-state index contributed by atoms with van der Waals surface area (Å²) in [7, 11) is 0.772. The summed E-state index contributed by atoms with van der Waals surface area (Å²) in [6, 6.07) is 1.99. The molecule has 0 saturated heterocycles. The number of aromatic nitrogens is 2. The minimum absolute atomic E-state index is 0.144. The van der Waals surface area contributed by atoms with Gasteiger partial charge in [-0.15, -0.1) is 0 Å². The number of anilines is 3. The molecule has 2 atom stereocenters. The van der Waals surface area contributed by atoms with Crippen molar-refractivity contribution in [3.8, 4) is 5.75 Å². The van der Waals surface area contributed by atoms with Crippen LogP contribution in [0.25, 0.3) is 0 Å². The minimum Gasteiger partial charge on any atom is -0.495 e. The Hall–Kier alpha value is -3.17. The van der Waals surface area contributed by atoms with E-state index in [-0.39, 0.29) is 17.6 Å². The third kappa shape index (κ3) is 7.73. The van der Waals surface area contributed by atoms with Crippen LogP contribution in [0.15, 0.2) is 18.3 Å². The van der Waals surface area contributed by atoms with E-state index in [0.29, 0.717) is 49.0 Å². The van der Waals surface area contributed by atoms with Gasteiger partial charge >= 0.3 is 6.18 Å². The van der Waals surface area contributed by atoms with Crippen molar-refractivity contribution in [1.82, 2.24) is 19.6 Å². The Balaban J connectivity index is 1.93. The van der Waals surface area contributed by atoms with Crippen molar-refractivity contribution >= 4 is 33.4 Å². The zero-order chi connectivity index (χ0) is 29.7. The van der Waals surface area contributed by atoms with Gasteiger partial charge in [-0.1, -0.05) is 12.8 Å². The highest BCUT2D eigenvalue weighted by atomic mass is 32.2. The monoisotopic (exact) mass is 588 g/mol. The predicted octanol–water partition coefficient (Wildman–Crippen LogP) is 3.55. The van der Waals surface area contributed by atoms with Gasteiger partial charge in [0.25, 0.3) is 5.91 Å². The minimum atomic E-state index is -4.75. The van der Waals surface area contributed by atoms with Gasteiger partial charge in [0.05, 0.1) is 25.7 Å². The van der Waals surface area contributed by atoms with Gasteiger partial charge in [-0.05, 0) is 37.5 Å². The Kier molecular flexibility index (Phi) is 10.2. The molecule has 1 aromatic heterocycles. The fraction of sp³-hybridized carbons (Fsp3) is 0.560. The van der Waals surface area contributed by atoms with Crippen molar-refractivity contribution in [3.63, 3.8) is 0 Å². The molecular weight excluding hydrogens is 553 g/mol. The van der Waals surface area contributed by atoms with E-state index in [1.165, 1.54) is 31.6 Å². The highest BCUT2D eigenvalue weighted by molar-refractivity contribution is 7.88. The lowest BCUT2D eigenvalue weighted by atomic mass is 9.90. The molecule has 1 fully saturated rings. The molecule has 0 spiro atoms. The van der Waals surface area contributed by atoms with E-state index in [2.05, 4.69) is 25.9 Å². The van der Waals surface area contributed by atoms with E-state index in [4.69, 9.17) is 9.47 Å². The maximum absolute atomic E-state index is 13.9. The summed E-state index contributed by atoms with van der Waals surface area (Å²) in [5, 5.41) is 8.47. The van der Waals surface area contributed by atoms with Crippen LogP contribution in [0.4, 0.5) is 30.6 Å². The summed E-state index contributed by atoms with van der Waals surface area (Å²) in [5.41, 5.74) is 0.201. The summed E-state index contributed by atoms with van der Waals surface area (Å²) in [6.07, 6.45) is -0.560. The summed E-state index contributed by atoms with van der Waals surface area (Å²) >= 11 is 0. The summed E-state index contributed by atoms with van der Waals surface area (Å²) < 4.78 is 77.6. The van der Waals surface area contributed by atoms with Crippen LogP contribution in [-0.2, 0) is 20.9 Å². The van der Waals surface area contributed by atoms with Crippen LogP contribution in [0, 0.1) is 6.92 Å². The quantitative estimate of drug-likeness (QED) is 0.337. The molecule has 3 rings (SSSR count). The van der Waals surface area contributed by atoms with E-state index in [1.807, 2.05) is 0 Å². The Labute approximate surface area is 231 Å². The second-order valence-corrected chi connectivity index (χ2v) is 11.6. The molecule has 2 aromatic rings. The molecule has 1 unspecified atom stereocenters. The number of halogens is 3. The number of ether oxygens (including phenoxy) is 2. The Morgan fingerprint density at radius 2 is 1.90 bits per heavy atom. The first-order chi connectivity index (χ1) is 18.8. The van der Waals surface area contributed by atoms with Crippen LogP contribution in [0.3, 0.4) is 0 Å². The number of hydrogen-bond donors (Lipinski definition) is 3. The lowest BCUT2D eigenvalue weighted by Crippen LogP contribution is -2.49. The smallest absolute Gasteiger partial charge is 0.421 e. The van der Waals surface area contributed by atoms with E-state index in [9.17, 15) is 26.4 Å². The molecule has 1 aliphatic rings. The predicted molar refractivity (Wildman–Crippen MR) is 145 cm³/mol. The third-order valence-corrected chi connectivity index (χ3v) is 8.08. The number of nitrogens with zero attached hydrogens (tertiary/aromatic N) is 3. The van der Waals surface area contributed by atoms with Crippen LogP contribution in [-0.4, -0.2) is 81.4 Å². The number of likely N-dealkylation sites (N-methyl/N-ethyl adjacent to an activating group) is 1. The second kappa shape index (κ2) is 13.0. The van der Waals surface area contributed by atoms with E-state index < -0.39 is 39.7 Å². The largest absolute Gasteiger partial charge is 0.495 e. The van der Waals surface area contributed by atoms with Gasteiger partial charge < -0.3 is 25.4 Å². The van der Waals surface area contributed by atoms with Crippen molar-refractivity contribution < 1.29 is 35.9 Å². The highest BCUT2D eigenvalue weighted by Crippen LogP contribution is 2.37. The molecule has 0 aliphatic heterocycles. The van der Waals surface area contributed by atoms with Gasteiger partial charge in [0.15, 0.2) is 0 Å². The lowest BCUT2D eigenvalue weighted by Gasteiger charge is -2.37. The summed E-state index contributed by atoms with van der Waals surface area (Å²) in [5.74, 6) is -0.691. The van der Waals surface area contributed by atoms with Crippen LogP contribution in [0.1, 0.15) is 47.2 Å². The van der Waals surface area contributed by atoms with Gasteiger partial charge in [-0.2, -0.15) is 18.2 Å². The number of nitrogens with one attached hydrogen (secondary N) is 3. The Bertz CT molecular complexity index is 1310. The molecule has 1 aromatic carbocycles. The third-order valence-electron chi connectivity index (χ3n) is 6.77. The molecule has 222 valence electrons. The first-order valence-electron chi connectivity index (χ1n) is 12.6. The molecule has 1 amide bonds. The number of sulfonamides is 1. The highest BCUT2D eigenvalue weighted by Gasteiger charge is 2.38. The van der Waals surface area contributed by atoms with Crippen LogP contribution >= 0.6 is 0 Å². The zero-order valence-corrected chi connectivity index (χ0v) is 23.9. The number of hydrogen-bond acceptors (Lipinski definition) is 9. The summed E-state index contributed by atoms with van der Waals surface area (Å²) in [6.45, 7) is 2.36. The van der Waals surface area contributed by atoms with Crippen molar-refractivity contribution in [1.29, 1.82) is 0 Å². The number of carbonyl (C=O) groups is 1. The van der Waals surface area contributed by atoms with E-state index in [1.54, 1.807) is 13.0 Å². The number of amides is 1. The first-order valence-corrected chi connectivity index (χ1v) is 14.5. The van der Waals surface area contributed by atoms with Gasteiger partial charge in [-0.3, -0.25) is 4.79 Å². The molecule has 0 bridgehead atoms. The number of benzene rings is 1. The van der Waals surface area contributed by atoms with Crippen molar-refractivity contribution in [3.05, 3.63) is 35.0 Å². The maximum Gasteiger partial charge on any atom is 0.421 e. The van der Waals surface area contributed by atoms with Crippen molar-refractivity contribution in [2.45, 2.75) is 50.9 Å². The van der Waals surface area contributed by atoms with E-state index in [0.717, 1.165) is 19.1 Å². The number of aryl methyl sites for hydroxylation is 1. The maximum atomic E-state index is 13.9. The average Bonchev–Trinajstić information content (AvgIpc) is 2.87. The summed E-state index contributed by atoms with van der Waals surface area (Å²) in [4.78, 5) is 20.5. The fourth-order valence-corrected chi connectivity index (χ4v) is 5.32. The first kappa shape index (κ1) is 31.4. The molecule has 11 nitrogen and oxygen atoms in total. The molecule has 40 heavy (non-hydrogen) atoms. The number of rotatable bonds is 11. The zero-order valence-electron chi connectivity index (χ0n) is 23.1. The van der Waals surface area contributed by atoms with Crippen molar-refractivity contribution in [2.24, 2.45) is 0 Å². The molecule has 1 saturated carbocycles. The van der Waals surface area contributed by atoms with Gasteiger partial charge in [0.2, 0.25) is 16.0 Å². The van der Waals surface area contributed by atoms with Crippen LogP contribution in [0.2, 0.25) is 0 Å². The second-order valence-electron chi connectivity index (χ2n) is 9.58. The molecule has 0 radical (unpaired) electrons. The van der Waals surface area contributed by atoms with E-state index >= 15 is 0 Å². The molecule has 15 heteroatoms. The number of carbonyl (C=O) groups excluding carboxylic acids is 1. The Morgan fingerprint density at radius 3 is 2.52 bits per heavy atom. The van der Waals surface area contributed by atoms with Crippen LogP contribution in [0.5, 0.6) is 5.75 Å². The Morgan fingerprint density at radius 1 is 1.20 bits per heavy atom. The molecule has 1 heterocycles. The SMILES string of the molecule is COCCNC(=O)c1cc(OC)c(Nc2ncc(C(F)(F)F)c(N[C@@H]3CCCCC3N(C)S(C)(=O)=O)n2)cc1C. The average molecular weight is 589 g/mol. The van der Waals surface area contributed by atoms with Gasteiger partial charge in [0, 0.05) is 44.5 Å². The molecule has 3 N–H and O–H groups in total. The standard InChI is InChI=1S/C25H35F3N6O5S/c1-15-12-19(21(39-4)13-16(15)23(35)29-10-11-38-3)32-24-30-14-17(25(26,27)28)22(33-24)31-18-8-6-7-9-20(18)34(2)40(5,36)37/h12-14,18,20H,6-11H2,1-5H3,(H,29,35)(H2,30,31,32,33)/t18-,20?/m1/s1. The van der Waals surface area contributed by atoms with Gasteiger partial charge in [0.1, 0.15) is 17.1 Å². The molecule has 1 aliphatic carbocycles.